The fraction of sp³-hybridized carbons (Fsp3) is 0.455. The van der Waals surface area contributed by atoms with Crippen LogP contribution in [-0.2, 0) is 11.3 Å². The van der Waals surface area contributed by atoms with Crippen molar-refractivity contribution < 1.29 is 9.15 Å². The molecular weight excluding hydrogens is 511 g/mol. The Kier molecular flexibility index (Phi) is 8.13. The molecule has 1 aliphatic rings. The van der Waals surface area contributed by atoms with Crippen molar-refractivity contribution in [3.63, 3.8) is 0 Å². The Hall–Kier alpha value is -1.65. The maximum Gasteiger partial charge on any atom is 0.191 e. The number of hydrogen-bond donors (Lipinski definition) is 2. The summed E-state index contributed by atoms with van der Waals surface area (Å²) in [5.74, 6) is 2.46. The zero-order chi connectivity index (χ0) is 20.1. The number of para-hydroxylation sites is 1. The van der Waals surface area contributed by atoms with Crippen LogP contribution in [0.2, 0.25) is 0 Å². The highest BCUT2D eigenvalue weighted by molar-refractivity contribution is 14.0. The molecule has 6 nitrogen and oxygen atoms in total. The third-order valence-electron chi connectivity index (χ3n) is 5.70. The highest BCUT2D eigenvalue weighted by Crippen LogP contribution is 2.43. The van der Waals surface area contributed by atoms with E-state index in [4.69, 9.17) is 9.15 Å². The Balaban J connectivity index is 0.00000256. The number of rotatable bonds is 8. The normalized spacial score (nSPS) is 15.5. The first-order valence-corrected chi connectivity index (χ1v) is 10.9. The summed E-state index contributed by atoms with van der Waals surface area (Å²) in [6.07, 6.45) is 4.91. The Morgan fingerprint density at radius 2 is 2.07 bits per heavy atom. The van der Waals surface area contributed by atoms with E-state index in [-0.39, 0.29) is 24.0 Å². The fourth-order valence-electron chi connectivity index (χ4n) is 3.74. The van der Waals surface area contributed by atoms with Crippen molar-refractivity contribution in [3.05, 3.63) is 42.2 Å². The number of halogens is 1. The van der Waals surface area contributed by atoms with Crippen LogP contribution in [0.4, 0.5) is 0 Å². The van der Waals surface area contributed by atoms with Gasteiger partial charge in [-0.2, -0.15) is 0 Å². The second-order valence-electron chi connectivity index (χ2n) is 7.63. The molecule has 1 aliphatic carbocycles. The van der Waals surface area contributed by atoms with Crippen LogP contribution in [-0.4, -0.2) is 38.3 Å². The highest BCUT2D eigenvalue weighted by Gasteiger charge is 2.36. The van der Waals surface area contributed by atoms with E-state index >= 15 is 0 Å². The molecule has 162 valence electrons. The quantitative estimate of drug-likeness (QED) is 0.238. The molecular formula is C22H29IN4O2S. The molecule has 30 heavy (non-hydrogen) atoms. The Morgan fingerprint density at radius 1 is 1.23 bits per heavy atom. The third-order valence-corrected chi connectivity index (χ3v) is 6.75. The molecule has 0 amide bonds. The molecule has 2 heterocycles. The third kappa shape index (κ3) is 5.33. The molecule has 0 spiro atoms. The Labute approximate surface area is 198 Å². The van der Waals surface area contributed by atoms with Crippen molar-refractivity contribution in [1.82, 2.24) is 15.6 Å². The van der Waals surface area contributed by atoms with Crippen molar-refractivity contribution >= 4 is 51.5 Å². The van der Waals surface area contributed by atoms with Gasteiger partial charge in [-0.3, -0.25) is 4.99 Å². The van der Waals surface area contributed by atoms with Crippen LogP contribution in [0.5, 0.6) is 0 Å². The summed E-state index contributed by atoms with van der Waals surface area (Å²) in [7, 11) is 3.57. The van der Waals surface area contributed by atoms with E-state index in [0.717, 1.165) is 47.6 Å². The smallest absolute Gasteiger partial charge is 0.191 e. The first-order chi connectivity index (χ1) is 14.2. The maximum absolute atomic E-state index is 6.01. The average Bonchev–Trinajstić information content (AvgIpc) is 3.35. The minimum absolute atomic E-state index is 0. The number of aliphatic imine (C=N–C) groups is 1. The second-order valence-corrected chi connectivity index (χ2v) is 8.66. The number of nitrogens with zero attached hydrogens (tertiary/aromatic N) is 2. The molecule has 0 atom stereocenters. The van der Waals surface area contributed by atoms with Gasteiger partial charge in [0.15, 0.2) is 16.7 Å². The molecule has 2 aromatic heterocycles. The number of methoxy groups -OCH3 is 1. The number of furan rings is 1. The van der Waals surface area contributed by atoms with E-state index < -0.39 is 0 Å². The summed E-state index contributed by atoms with van der Waals surface area (Å²) < 4.78 is 12.5. The summed E-state index contributed by atoms with van der Waals surface area (Å²) in [5, 5.41) is 7.74. The molecule has 1 fully saturated rings. The van der Waals surface area contributed by atoms with Crippen molar-refractivity contribution in [2.75, 3.05) is 27.3 Å². The summed E-state index contributed by atoms with van der Waals surface area (Å²) in [4.78, 5) is 9.01. The summed E-state index contributed by atoms with van der Waals surface area (Å²) in [6, 6.07) is 12.1. The van der Waals surface area contributed by atoms with Gasteiger partial charge in [0.05, 0.1) is 16.8 Å². The maximum atomic E-state index is 6.01. The molecule has 0 aliphatic heterocycles. The van der Waals surface area contributed by atoms with Gasteiger partial charge >= 0.3 is 0 Å². The van der Waals surface area contributed by atoms with Crippen LogP contribution in [0.25, 0.3) is 21.0 Å². The molecule has 0 radical (unpaired) electrons. The first kappa shape index (κ1) is 23.0. The van der Waals surface area contributed by atoms with Crippen LogP contribution in [0.1, 0.15) is 31.4 Å². The van der Waals surface area contributed by atoms with Gasteiger partial charge < -0.3 is 19.8 Å². The molecule has 8 heteroatoms. The van der Waals surface area contributed by atoms with E-state index in [2.05, 4.69) is 26.7 Å². The number of thiazole rings is 1. The number of hydrogen-bond acceptors (Lipinski definition) is 5. The standard InChI is InChI=1S/C22H28N4O2S.HI/c1-23-21(25-15-22(10-5-11-22)12-13-27-2)24-14-16-8-9-18(28-16)20-26-17-6-3-4-7-19(17)29-20;/h3-4,6-9H,5,10-15H2,1-2H3,(H2,23,24,25);1H. The van der Waals surface area contributed by atoms with Crippen molar-refractivity contribution in [1.29, 1.82) is 0 Å². The number of fused-ring (bicyclic) bond motifs is 1. The average molecular weight is 540 g/mol. The van der Waals surface area contributed by atoms with Gasteiger partial charge in [-0.15, -0.1) is 35.3 Å². The van der Waals surface area contributed by atoms with Crippen LogP contribution in [0.15, 0.2) is 45.8 Å². The van der Waals surface area contributed by atoms with Gasteiger partial charge in [-0.1, -0.05) is 18.6 Å². The van der Waals surface area contributed by atoms with E-state index in [0.29, 0.717) is 12.0 Å². The van der Waals surface area contributed by atoms with Gasteiger partial charge in [-0.25, -0.2) is 4.98 Å². The van der Waals surface area contributed by atoms with Gasteiger partial charge in [0, 0.05) is 27.3 Å². The Bertz CT molecular complexity index is 947. The highest BCUT2D eigenvalue weighted by atomic mass is 127. The summed E-state index contributed by atoms with van der Waals surface area (Å²) >= 11 is 1.65. The lowest BCUT2D eigenvalue weighted by Gasteiger charge is -2.42. The number of nitrogens with one attached hydrogen (secondary N) is 2. The van der Waals surface area contributed by atoms with Crippen LogP contribution in [0.3, 0.4) is 0 Å². The number of aromatic nitrogens is 1. The molecule has 0 unspecified atom stereocenters. The van der Waals surface area contributed by atoms with E-state index in [9.17, 15) is 0 Å². The van der Waals surface area contributed by atoms with Crippen LogP contribution < -0.4 is 10.6 Å². The van der Waals surface area contributed by atoms with Gasteiger partial charge in [0.2, 0.25) is 0 Å². The van der Waals surface area contributed by atoms with Gasteiger partial charge in [-0.05, 0) is 48.9 Å². The van der Waals surface area contributed by atoms with Gasteiger partial charge in [0.25, 0.3) is 0 Å². The molecule has 1 aromatic carbocycles. The lowest BCUT2D eigenvalue weighted by atomic mass is 9.67. The van der Waals surface area contributed by atoms with Crippen molar-refractivity contribution in [2.24, 2.45) is 10.4 Å². The predicted molar refractivity (Wildman–Crippen MR) is 134 cm³/mol. The predicted octanol–water partition coefficient (Wildman–Crippen LogP) is 5.05. The largest absolute Gasteiger partial charge is 0.457 e. The minimum Gasteiger partial charge on any atom is -0.457 e. The zero-order valence-corrected chi connectivity index (χ0v) is 20.6. The zero-order valence-electron chi connectivity index (χ0n) is 17.4. The topological polar surface area (TPSA) is 71.7 Å². The molecule has 3 aromatic rings. The summed E-state index contributed by atoms with van der Waals surface area (Å²) in [6.45, 7) is 2.31. The Morgan fingerprint density at radius 3 is 2.77 bits per heavy atom. The number of benzene rings is 1. The summed E-state index contributed by atoms with van der Waals surface area (Å²) in [5.41, 5.74) is 1.35. The minimum atomic E-state index is 0. The van der Waals surface area contributed by atoms with Crippen LogP contribution in [0, 0.1) is 5.41 Å². The number of ether oxygens (including phenoxy) is 1. The first-order valence-electron chi connectivity index (χ1n) is 10.1. The SMILES string of the molecule is CN=C(NCc1ccc(-c2nc3ccccc3s2)o1)NCC1(CCOC)CCC1.I. The lowest BCUT2D eigenvalue weighted by Crippen LogP contribution is -2.46. The lowest BCUT2D eigenvalue weighted by molar-refractivity contribution is 0.0732. The molecule has 4 rings (SSSR count). The van der Waals surface area contributed by atoms with Crippen LogP contribution >= 0.6 is 35.3 Å². The van der Waals surface area contributed by atoms with E-state index in [1.807, 2.05) is 30.3 Å². The monoisotopic (exact) mass is 540 g/mol. The van der Waals surface area contributed by atoms with E-state index in [1.54, 1.807) is 25.5 Å². The molecule has 0 bridgehead atoms. The van der Waals surface area contributed by atoms with Crippen molar-refractivity contribution in [2.45, 2.75) is 32.2 Å². The molecule has 1 saturated carbocycles. The van der Waals surface area contributed by atoms with Crippen molar-refractivity contribution in [3.8, 4) is 10.8 Å². The molecule has 2 N–H and O–H groups in total. The second kappa shape index (κ2) is 10.6. The number of guanidine groups is 1. The van der Waals surface area contributed by atoms with Gasteiger partial charge in [0.1, 0.15) is 5.76 Å². The van der Waals surface area contributed by atoms with E-state index in [1.165, 1.54) is 24.0 Å². The fourth-order valence-corrected chi connectivity index (χ4v) is 4.67. The molecule has 0 saturated heterocycles.